The molecule has 2 N–H and O–H groups in total. The van der Waals surface area contributed by atoms with Crippen molar-refractivity contribution >= 4 is 17.8 Å². The van der Waals surface area contributed by atoms with Crippen molar-refractivity contribution in [2.75, 3.05) is 13.7 Å². The molecule has 0 spiro atoms. The molecular weight excluding hydrogens is 348 g/mol. The maximum atomic E-state index is 12.6. The van der Waals surface area contributed by atoms with Gasteiger partial charge in [0.1, 0.15) is 6.04 Å². The molecule has 1 aromatic heterocycles. The molecule has 142 valence electrons. The molecule has 1 unspecified atom stereocenters. The summed E-state index contributed by atoms with van der Waals surface area (Å²) in [7, 11) is 2.98. The van der Waals surface area contributed by atoms with Crippen molar-refractivity contribution in [1.29, 1.82) is 0 Å². The topological polar surface area (TPSA) is 102 Å². The van der Waals surface area contributed by atoms with Gasteiger partial charge in [-0.05, 0) is 37.5 Å². The summed E-state index contributed by atoms with van der Waals surface area (Å²) in [5.74, 6) is -0.997. The van der Waals surface area contributed by atoms with Crippen molar-refractivity contribution < 1.29 is 19.1 Å². The maximum Gasteiger partial charge on any atom is 0.356 e. The summed E-state index contributed by atoms with van der Waals surface area (Å²) >= 11 is 0. The number of amides is 2. The molecule has 1 saturated heterocycles. The second kappa shape index (κ2) is 7.61. The molecule has 1 aliphatic rings. The molecule has 8 nitrogen and oxygen atoms in total. The van der Waals surface area contributed by atoms with Gasteiger partial charge in [0.05, 0.1) is 12.8 Å². The maximum absolute atomic E-state index is 12.6. The van der Waals surface area contributed by atoms with Gasteiger partial charge < -0.3 is 15.4 Å². The molecule has 2 aromatic rings. The van der Waals surface area contributed by atoms with Crippen LogP contribution in [0.25, 0.3) is 11.1 Å². The zero-order valence-electron chi connectivity index (χ0n) is 15.5. The van der Waals surface area contributed by atoms with E-state index in [1.54, 1.807) is 38.2 Å². The number of esters is 1. The first-order valence-electron chi connectivity index (χ1n) is 8.73. The van der Waals surface area contributed by atoms with Gasteiger partial charge in [-0.25, -0.2) is 4.79 Å². The molecule has 2 amide bonds. The molecule has 0 radical (unpaired) electrons. The van der Waals surface area contributed by atoms with Crippen molar-refractivity contribution in [2.24, 2.45) is 7.05 Å². The molecule has 27 heavy (non-hydrogen) atoms. The molecule has 0 bridgehead atoms. The minimum Gasteiger partial charge on any atom is -0.464 e. The lowest BCUT2D eigenvalue weighted by atomic mass is 10.00. The van der Waals surface area contributed by atoms with Crippen LogP contribution in [-0.4, -0.2) is 47.3 Å². The van der Waals surface area contributed by atoms with Crippen LogP contribution in [0.3, 0.4) is 0 Å². The highest BCUT2D eigenvalue weighted by atomic mass is 16.5. The van der Waals surface area contributed by atoms with Crippen LogP contribution in [0.4, 0.5) is 0 Å². The zero-order chi connectivity index (χ0) is 19.6. The van der Waals surface area contributed by atoms with E-state index in [4.69, 9.17) is 4.74 Å². The predicted molar refractivity (Wildman–Crippen MR) is 98.2 cm³/mol. The standard InChI is InChI=1S/C19H22N4O4/c1-11-15(16(19(26)27-3)23(2)22-11)12-6-4-7-13(10-12)17(24)21-14-8-5-9-20-18(14)25/h4,6-7,10,14H,5,8-9H2,1-3H3,(H,20,25)(H,21,24). The van der Waals surface area contributed by atoms with Crippen molar-refractivity contribution in [1.82, 2.24) is 20.4 Å². The summed E-state index contributed by atoms with van der Waals surface area (Å²) in [6.07, 6.45) is 1.44. The Bertz CT molecular complexity index is 903. The highest BCUT2D eigenvalue weighted by Crippen LogP contribution is 2.28. The number of carbonyl (C=O) groups is 3. The Balaban J connectivity index is 1.91. The predicted octanol–water partition coefficient (Wildman–Crippen LogP) is 1.19. The Morgan fingerprint density at radius 1 is 1.37 bits per heavy atom. The van der Waals surface area contributed by atoms with Gasteiger partial charge in [-0.15, -0.1) is 0 Å². The molecule has 2 heterocycles. The van der Waals surface area contributed by atoms with Gasteiger partial charge in [0.25, 0.3) is 5.91 Å². The van der Waals surface area contributed by atoms with Crippen molar-refractivity contribution in [3.05, 3.63) is 41.2 Å². The van der Waals surface area contributed by atoms with Crippen LogP contribution in [0.1, 0.15) is 39.4 Å². The fourth-order valence-corrected chi connectivity index (χ4v) is 3.30. The Kier molecular flexibility index (Phi) is 5.25. The number of hydrogen-bond acceptors (Lipinski definition) is 5. The van der Waals surface area contributed by atoms with Crippen LogP contribution in [-0.2, 0) is 16.6 Å². The molecular formula is C19H22N4O4. The van der Waals surface area contributed by atoms with Crippen LogP contribution in [0.5, 0.6) is 0 Å². The number of hydrogen-bond donors (Lipinski definition) is 2. The van der Waals surface area contributed by atoms with E-state index in [9.17, 15) is 14.4 Å². The molecule has 1 aliphatic heterocycles. The summed E-state index contributed by atoms with van der Waals surface area (Å²) < 4.78 is 6.33. The third-order valence-corrected chi connectivity index (χ3v) is 4.61. The third-order valence-electron chi connectivity index (χ3n) is 4.61. The first-order chi connectivity index (χ1) is 12.9. The summed E-state index contributed by atoms with van der Waals surface area (Å²) in [6.45, 7) is 2.43. The number of methoxy groups -OCH3 is 1. The number of benzene rings is 1. The first kappa shape index (κ1) is 18.6. The van der Waals surface area contributed by atoms with Crippen molar-refractivity contribution in [3.8, 4) is 11.1 Å². The number of ether oxygens (including phenoxy) is 1. The Morgan fingerprint density at radius 3 is 2.85 bits per heavy atom. The Hall–Kier alpha value is -3.16. The number of aromatic nitrogens is 2. The molecule has 3 rings (SSSR count). The second-order valence-corrected chi connectivity index (χ2v) is 6.46. The van der Waals surface area contributed by atoms with Gasteiger partial charge in [-0.2, -0.15) is 5.10 Å². The van der Waals surface area contributed by atoms with Crippen LogP contribution in [0.2, 0.25) is 0 Å². The van der Waals surface area contributed by atoms with E-state index in [2.05, 4.69) is 15.7 Å². The fraction of sp³-hybridized carbons (Fsp3) is 0.368. The molecule has 0 saturated carbocycles. The number of carbonyl (C=O) groups excluding carboxylic acids is 3. The summed E-state index contributed by atoms with van der Waals surface area (Å²) in [6, 6.07) is 6.37. The average Bonchev–Trinajstić information content (AvgIpc) is 2.97. The molecule has 1 aromatic carbocycles. The van der Waals surface area contributed by atoms with Crippen molar-refractivity contribution in [3.63, 3.8) is 0 Å². The summed E-state index contributed by atoms with van der Waals surface area (Å²) in [5.41, 5.74) is 2.68. The van der Waals surface area contributed by atoms with Crippen LogP contribution in [0, 0.1) is 6.92 Å². The van der Waals surface area contributed by atoms with Gasteiger partial charge >= 0.3 is 5.97 Å². The lowest BCUT2D eigenvalue weighted by Gasteiger charge is -2.22. The lowest BCUT2D eigenvalue weighted by molar-refractivity contribution is -0.124. The number of aryl methyl sites for hydroxylation is 2. The summed E-state index contributed by atoms with van der Waals surface area (Å²) in [4.78, 5) is 36.6. The number of nitrogens with one attached hydrogen (secondary N) is 2. The largest absolute Gasteiger partial charge is 0.464 e. The number of nitrogens with zero attached hydrogens (tertiary/aromatic N) is 2. The fourth-order valence-electron chi connectivity index (χ4n) is 3.30. The van der Waals surface area contributed by atoms with Gasteiger partial charge in [-0.3, -0.25) is 14.3 Å². The Labute approximate surface area is 156 Å². The van der Waals surface area contributed by atoms with E-state index in [0.29, 0.717) is 41.0 Å². The van der Waals surface area contributed by atoms with E-state index < -0.39 is 12.0 Å². The molecule has 8 heteroatoms. The van der Waals surface area contributed by atoms with E-state index in [-0.39, 0.29) is 11.8 Å². The monoisotopic (exact) mass is 370 g/mol. The van der Waals surface area contributed by atoms with E-state index in [1.807, 2.05) is 0 Å². The quantitative estimate of drug-likeness (QED) is 0.787. The van der Waals surface area contributed by atoms with E-state index >= 15 is 0 Å². The lowest BCUT2D eigenvalue weighted by Crippen LogP contribution is -2.50. The molecule has 1 fully saturated rings. The van der Waals surface area contributed by atoms with Gasteiger partial charge in [0, 0.05) is 24.7 Å². The zero-order valence-corrected chi connectivity index (χ0v) is 15.5. The minimum atomic E-state index is -0.527. The van der Waals surface area contributed by atoms with Crippen molar-refractivity contribution in [2.45, 2.75) is 25.8 Å². The SMILES string of the molecule is COC(=O)c1c(-c2cccc(C(=O)NC3CCCNC3=O)c2)c(C)nn1C. The number of piperidine rings is 1. The highest BCUT2D eigenvalue weighted by Gasteiger charge is 2.25. The Morgan fingerprint density at radius 2 is 2.15 bits per heavy atom. The molecule has 1 atom stereocenters. The van der Waals surface area contributed by atoms with Gasteiger partial charge in [0.2, 0.25) is 5.91 Å². The van der Waals surface area contributed by atoms with Gasteiger partial charge in [0.15, 0.2) is 5.69 Å². The third kappa shape index (κ3) is 3.69. The van der Waals surface area contributed by atoms with Crippen LogP contribution >= 0.6 is 0 Å². The van der Waals surface area contributed by atoms with E-state index in [0.717, 1.165) is 6.42 Å². The van der Waals surface area contributed by atoms with Gasteiger partial charge in [-0.1, -0.05) is 12.1 Å². The highest BCUT2D eigenvalue weighted by molar-refractivity contribution is 6.00. The summed E-state index contributed by atoms with van der Waals surface area (Å²) in [5, 5.41) is 9.81. The van der Waals surface area contributed by atoms with Crippen LogP contribution < -0.4 is 10.6 Å². The van der Waals surface area contributed by atoms with E-state index in [1.165, 1.54) is 11.8 Å². The molecule has 0 aliphatic carbocycles. The number of rotatable bonds is 4. The first-order valence-corrected chi connectivity index (χ1v) is 8.73. The average molecular weight is 370 g/mol. The normalized spacial score (nSPS) is 16.6. The minimum absolute atomic E-state index is 0.165. The second-order valence-electron chi connectivity index (χ2n) is 6.46. The van der Waals surface area contributed by atoms with Crippen LogP contribution in [0.15, 0.2) is 24.3 Å². The smallest absolute Gasteiger partial charge is 0.356 e.